The molecular weight excluding hydrogens is 309 g/mol. The van der Waals surface area contributed by atoms with E-state index in [9.17, 15) is 14.0 Å². The van der Waals surface area contributed by atoms with Crippen molar-refractivity contribution < 1.29 is 14.0 Å². The molecule has 24 heavy (non-hydrogen) atoms. The second-order valence-corrected chi connectivity index (χ2v) is 6.69. The highest BCUT2D eigenvalue weighted by Crippen LogP contribution is 2.21. The van der Waals surface area contributed by atoms with Crippen molar-refractivity contribution in [2.24, 2.45) is 5.92 Å². The Morgan fingerprint density at radius 3 is 2.50 bits per heavy atom. The minimum Gasteiger partial charge on any atom is -0.346 e. The van der Waals surface area contributed by atoms with Gasteiger partial charge in [0, 0.05) is 45.6 Å². The van der Waals surface area contributed by atoms with Crippen LogP contribution >= 0.6 is 0 Å². The van der Waals surface area contributed by atoms with E-state index in [1.54, 1.807) is 29.0 Å². The maximum Gasteiger partial charge on any atom is 0.226 e. The Kier molecular flexibility index (Phi) is 6.31. The van der Waals surface area contributed by atoms with Crippen LogP contribution in [0.4, 0.5) is 4.39 Å². The van der Waals surface area contributed by atoms with Crippen LogP contribution < -0.4 is 0 Å². The molecule has 5 nitrogen and oxygen atoms in total. The zero-order valence-electron chi connectivity index (χ0n) is 14.7. The number of benzene rings is 1. The van der Waals surface area contributed by atoms with Gasteiger partial charge in [-0.1, -0.05) is 12.1 Å². The van der Waals surface area contributed by atoms with Crippen LogP contribution in [0.2, 0.25) is 0 Å². The first-order valence-corrected chi connectivity index (χ1v) is 8.28. The molecule has 0 aliphatic carbocycles. The van der Waals surface area contributed by atoms with Crippen molar-refractivity contribution in [3.63, 3.8) is 0 Å². The summed E-state index contributed by atoms with van der Waals surface area (Å²) >= 11 is 0. The number of hydrogen-bond acceptors (Lipinski definition) is 3. The molecule has 0 spiro atoms. The number of rotatable bonds is 6. The van der Waals surface area contributed by atoms with Crippen molar-refractivity contribution in [3.05, 3.63) is 35.6 Å². The van der Waals surface area contributed by atoms with Crippen LogP contribution in [0.5, 0.6) is 0 Å². The smallest absolute Gasteiger partial charge is 0.226 e. The van der Waals surface area contributed by atoms with Crippen LogP contribution in [0.15, 0.2) is 24.3 Å². The molecule has 2 rings (SSSR count). The summed E-state index contributed by atoms with van der Waals surface area (Å²) in [6.07, 6.45) is 0.972. The Morgan fingerprint density at radius 1 is 1.25 bits per heavy atom. The van der Waals surface area contributed by atoms with Gasteiger partial charge >= 0.3 is 0 Å². The number of likely N-dealkylation sites (tertiary alicyclic amines) is 1. The van der Waals surface area contributed by atoms with E-state index < -0.39 is 0 Å². The van der Waals surface area contributed by atoms with E-state index in [0.29, 0.717) is 26.1 Å². The number of hydrogen-bond donors (Lipinski definition) is 0. The van der Waals surface area contributed by atoms with Gasteiger partial charge in [0.25, 0.3) is 0 Å². The first-order valence-electron chi connectivity index (χ1n) is 8.28. The minimum atomic E-state index is -0.286. The number of nitrogens with zero attached hydrogens (tertiary/aromatic N) is 3. The lowest BCUT2D eigenvalue weighted by atomic mass is 9.94. The van der Waals surface area contributed by atoms with E-state index >= 15 is 0 Å². The summed E-state index contributed by atoms with van der Waals surface area (Å²) in [6.45, 7) is 2.39. The van der Waals surface area contributed by atoms with E-state index in [-0.39, 0.29) is 30.0 Å². The first kappa shape index (κ1) is 18.4. The van der Waals surface area contributed by atoms with Gasteiger partial charge in [-0.25, -0.2) is 4.39 Å². The fraction of sp³-hybridized carbons (Fsp3) is 0.556. The fourth-order valence-corrected chi connectivity index (χ4v) is 2.81. The molecule has 1 aromatic carbocycles. The minimum absolute atomic E-state index is 0.0163. The van der Waals surface area contributed by atoms with Gasteiger partial charge in [-0.15, -0.1) is 0 Å². The zero-order valence-corrected chi connectivity index (χ0v) is 14.7. The summed E-state index contributed by atoms with van der Waals surface area (Å²) in [7, 11) is 5.69. The van der Waals surface area contributed by atoms with Gasteiger partial charge in [-0.05, 0) is 38.2 Å². The van der Waals surface area contributed by atoms with Crippen LogP contribution in [-0.4, -0.2) is 67.3 Å². The molecule has 0 bridgehead atoms. The quantitative estimate of drug-likeness (QED) is 0.793. The molecule has 6 heteroatoms. The van der Waals surface area contributed by atoms with Crippen molar-refractivity contribution in [2.75, 3.05) is 40.8 Å². The van der Waals surface area contributed by atoms with Crippen molar-refractivity contribution in [1.29, 1.82) is 0 Å². The third-order valence-electron chi connectivity index (χ3n) is 4.42. The summed E-state index contributed by atoms with van der Waals surface area (Å²) < 4.78 is 13.1. The number of halogens is 1. The Morgan fingerprint density at radius 2 is 1.92 bits per heavy atom. The standard InChI is InChI=1S/C18H26FN3O2/c1-20(2)10-11-22(13-14-4-6-16(19)7-5-14)18(24)15-8-9-21(3)17(23)12-15/h4-7,15H,8-13H2,1-3H3. The summed E-state index contributed by atoms with van der Waals surface area (Å²) in [4.78, 5) is 30.3. The topological polar surface area (TPSA) is 43.9 Å². The summed E-state index contributed by atoms with van der Waals surface area (Å²) in [5, 5.41) is 0. The normalized spacial score (nSPS) is 18.1. The molecule has 1 unspecified atom stereocenters. The van der Waals surface area contributed by atoms with Crippen molar-refractivity contribution in [3.8, 4) is 0 Å². The predicted molar refractivity (Wildman–Crippen MR) is 90.7 cm³/mol. The van der Waals surface area contributed by atoms with Crippen LogP contribution in [0.3, 0.4) is 0 Å². The molecule has 1 saturated heterocycles. The van der Waals surface area contributed by atoms with Crippen LogP contribution in [-0.2, 0) is 16.1 Å². The molecular formula is C18H26FN3O2. The molecule has 1 aliphatic heterocycles. The average molecular weight is 335 g/mol. The summed E-state index contributed by atoms with van der Waals surface area (Å²) in [5.41, 5.74) is 0.891. The SMILES string of the molecule is CN(C)CCN(Cc1ccc(F)cc1)C(=O)C1CCN(C)C(=O)C1. The third-order valence-corrected chi connectivity index (χ3v) is 4.42. The number of carbonyl (C=O) groups is 2. The van der Waals surface area contributed by atoms with Gasteiger partial charge in [-0.2, -0.15) is 0 Å². The molecule has 1 aromatic rings. The van der Waals surface area contributed by atoms with Crippen LogP contribution in [0.1, 0.15) is 18.4 Å². The van der Waals surface area contributed by atoms with Crippen LogP contribution in [0, 0.1) is 11.7 Å². The largest absolute Gasteiger partial charge is 0.346 e. The van der Waals surface area contributed by atoms with Crippen molar-refractivity contribution >= 4 is 11.8 Å². The highest BCUT2D eigenvalue weighted by atomic mass is 19.1. The van der Waals surface area contributed by atoms with E-state index in [0.717, 1.165) is 12.1 Å². The fourth-order valence-electron chi connectivity index (χ4n) is 2.81. The molecule has 0 saturated carbocycles. The van der Waals surface area contributed by atoms with Gasteiger partial charge in [0.15, 0.2) is 0 Å². The molecule has 0 N–H and O–H groups in total. The average Bonchev–Trinajstić information content (AvgIpc) is 2.55. The predicted octanol–water partition coefficient (Wildman–Crippen LogP) is 1.58. The number of likely N-dealkylation sites (N-methyl/N-ethyl adjacent to an activating group) is 1. The van der Waals surface area contributed by atoms with E-state index in [2.05, 4.69) is 0 Å². The van der Waals surface area contributed by atoms with E-state index in [1.165, 1.54) is 12.1 Å². The van der Waals surface area contributed by atoms with Crippen molar-refractivity contribution in [1.82, 2.24) is 14.7 Å². The Hall–Kier alpha value is -1.95. The van der Waals surface area contributed by atoms with E-state index in [4.69, 9.17) is 0 Å². The molecule has 1 heterocycles. The molecule has 1 aliphatic rings. The van der Waals surface area contributed by atoms with Gasteiger partial charge in [0.1, 0.15) is 5.82 Å². The summed E-state index contributed by atoms with van der Waals surface area (Å²) in [6, 6.07) is 6.21. The maximum absolute atomic E-state index is 13.1. The lowest BCUT2D eigenvalue weighted by molar-refractivity contribution is -0.144. The number of piperidine rings is 1. The molecule has 1 fully saturated rings. The lowest BCUT2D eigenvalue weighted by Gasteiger charge is -2.33. The Bertz CT molecular complexity index is 574. The van der Waals surface area contributed by atoms with Gasteiger partial charge in [-0.3, -0.25) is 9.59 Å². The molecule has 0 radical (unpaired) electrons. The monoisotopic (exact) mass is 335 g/mol. The highest BCUT2D eigenvalue weighted by Gasteiger charge is 2.31. The first-order chi connectivity index (χ1) is 11.4. The summed E-state index contributed by atoms with van der Waals surface area (Å²) in [5.74, 6) is -0.501. The third kappa shape index (κ3) is 5.03. The van der Waals surface area contributed by atoms with Crippen molar-refractivity contribution in [2.45, 2.75) is 19.4 Å². The Labute approximate surface area is 143 Å². The number of carbonyl (C=O) groups excluding carboxylic acids is 2. The Balaban J connectivity index is 2.07. The number of amides is 2. The van der Waals surface area contributed by atoms with Gasteiger partial charge in [0.2, 0.25) is 11.8 Å². The molecule has 2 amide bonds. The zero-order chi connectivity index (χ0) is 17.7. The molecule has 0 aromatic heterocycles. The molecule has 132 valence electrons. The van der Waals surface area contributed by atoms with E-state index in [1.807, 2.05) is 19.0 Å². The molecule has 1 atom stereocenters. The highest BCUT2D eigenvalue weighted by molar-refractivity contribution is 5.86. The van der Waals surface area contributed by atoms with Gasteiger partial charge in [0.05, 0.1) is 0 Å². The second-order valence-electron chi connectivity index (χ2n) is 6.69. The van der Waals surface area contributed by atoms with Gasteiger partial charge < -0.3 is 14.7 Å². The van der Waals surface area contributed by atoms with Crippen LogP contribution in [0.25, 0.3) is 0 Å². The lowest BCUT2D eigenvalue weighted by Crippen LogP contribution is -2.45. The second kappa shape index (κ2) is 8.24. The maximum atomic E-state index is 13.1.